The van der Waals surface area contributed by atoms with Gasteiger partial charge in [-0.25, -0.2) is 0 Å². The van der Waals surface area contributed by atoms with Gasteiger partial charge in [-0.2, -0.15) is 0 Å². The van der Waals surface area contributed by atoms with Crippen LogP contribution in [-0.4, -0.2) is 100 Å². The molecule has 1 aliphatic heterocycles. The van der Waals surface area contributed by atoms with Crippen LogP contribution in [0.1, 0.15) is 13.8 Å². The third-order valence-electron chi connectivity index (χ3n) is 3.74. The molecule has 0 radical (unpaired) electrons. The molecule has 0 atom stereocenters. The minimum Gasteiger partial charge on any atom is -0.383 e. The van der Waals surface area contributed by atoms with E-state index in [0.29, 0.717) is 25.7 Å². The zero-order valence-electron chi connectivity index (χ0n) is 16.2. The summed E-state index contributed by atoms with van der Waals surface area (Å²) in [4.78, 5) is 32.0. The first kappa shape index (κ1) is 24.9. The van der Waals surface area contributed by atoms with Gasteiger partial charge in [0.15, 0.2) is 5.96 Å². The van der Waals surface area contributed by atoms with Gasteiger partial charge in [0.1, 0.15) is 0 Å². The smallest absolute Gasteiger partial charge is 0.239 e. The summed E-state index contributed by atoms with van der Waals surface area (Å²) >= 11 is 0. The van der Waals surface area contributed by atoms with Crippen LogP contribution in [-0.2, 0) is 14.3 Å². The summed E-state index contributed by atoms with van der Waals surface area (Å²) < 4.78 is 4.89. The van der Waals surface area contributed by atoms with Crippen LogP contribution in [0.5, 0.6) is 0 Å². The lowest BCUT2D eigenvalue weighted by Crippen LogP contribution is -2.55. The fourth-order valence-electron chi connectivity index (χ4n) is 2.54. The van der Waals surface area contributed by atoms with E-state index in [1.165, 1.54) is 0 Å². The van der Waals surface area contributed by atoms with Gasteiger partial charge < -0.3 is 25.6 Å². The van der Waals surface area contributed by atoms with E-state index in [4.69, 9.17) is 4.74 Å². The molecule has 1 heterocycles. The van der Waals surface area contributed by atoms with Crippen molar-refractivity contribution in [2.45, 2.75) is 19.9 Å². The van der Waals surface area contributed by atoms with Crippen molar-refractivity contribution in [2.24, 2.45) is 4.99 Å². The number of methoxy groups -OCH3 is 1. The molecule has 1 saturated heterocycles. The molecule has 0 aliphatic carbocycles. The summed E-state index contributed by atoms with van der Waals surface area (Å²) in [5, 5.41) is 8.74. The number of amides is 2. The standard InChI is InChI=1S/C16H32N6O3.HI/c1-13(2)20-15(24)12-21-6-8-22(9-7-21)16(17-3)19-11-14(23)18-5-10-25-4;/h13H,5-12H2,1-4H3,(H,17,19)(H,18,23)(H,20,24);1H. The Hall–Kier alpha value is -1.14. The maximum atomic E-state index is 11.8. The molecule has 0 aromatic heterocycles. The van der Waals surface area contributed by atoms with Crippen LogP contribution < -0.4 is 16.0 Å². The minimum atomic E-state index is -0.0952. The van der Waals surface area contributed by atoms with Crippen LogP contribution >= 0.6 is 24.0 Å². The molecule has 1 rings (SSSR count). The number of ether oxygens (including phenoxy) is 1. The van der Waals surface area contributed by atoms with Crippen molar-refractivity contribution < 1.29 is 14.3 Å². The summed E-state index contributed by atoms with van der Waals surface area (Å²) in [6.45, 7) is 8.58. The molecule has 0 bridgehead atoms. The second kappa shape index (κ2) is 14.0. The average molecular weight is 484 g/mol. The maximum Gasteiger partial charge on any atom is 0.239 e. The average Bonchev–Trinajstić information content (AvgIpc) is 2.56. The van der Waals surface area contributed by atoms with Gasteiger partial charge in [-0.1, -0.05) is 0 Å². The molecular formula is C16H33IN6O3. The highest BCUT2D eigenvalue weighted by molar-refractivity contribution is 14.0. The van der Waals surface area contributed by atoms with E-state index in [-0.39, 0.29) is 48.4 Å². The molecule has 9 nitrogen and oxygen atoms in total. The van der Waals surface area contributed by atoms with Gasteiger partial charge in [0.2, 0.25) is 11.8 Å². The Kier molecular flexibility index (Phi) is 13.4. The van der Waals surface area contributed by atoms with Gasteiger partial charge in [0, 0.05) is 52.9 Å². The van der Waals surface area contributed by atoms with E-state index in [2.05, 4.69) is 30.7 Å². The lowest BCUT2D eigenvalue weighted by molar-refractivity contribution is -0.123. The molecule has 152 valence electrons. The number of halogens is 1. The van der Waals surface area contributed by atoms with Crippen LogP contribution in [0.2, 0.25) is 0 Å². The Morgan fingerprint density at radius 3 is 2.31 bits per heavy atom. The number of nitrogens with zero attached hydrogens (tertiary/aromatic N) is 3. The first-order valence-electron chi connectivity index (χ1n) is 8.69. The quantitative estimate of drug-likeness (QED) is 0.179. The number of hydrogen-bond acceptors (Lipinski definition) is 5. The van der Waals surface area contributed by atoms with E-state index in [1.54, 1.807) is 14.2 Å². The third kappa shape index (κ3) is 10.1. The normalized spacial score (nSPS) is 15.4. The van der Waals surface area contributed by atoms with Crippen molar-refractivity contribution in [2.75, 3.05) is 66.6 Å². The summed E-state index contributed by atoms with van der Waals surface area (Å²) in [7, 11) is 3.30. The van der Waals surface area contributed by atoms with Gasteiger partial charge in [0.25, 0.3) is 0 Å². The molecular weight excluding hydrogens is 451 g/mol. The molecule has 0 spiro atoms. The molecule has 0 aromatic carbocycles. The van der Waals surface area contributed by atoms with Crippen molar-refractivity contribution in [1.29, 1.82) is 0 Å². The molecule has 10 heteroatoms. The van der Waals surface area contributed by atoms with Crippen LogP contribution in [0.4, 0.5) is 0 Å². The van der Waals surface area contributed by atoms with E-state index < -0.39 is 0 Å². The van der Waals surface area contributed by atoms with E-state index in [9.17, 15) is 9.59 Å². The first-order valence-corrected chi connectivity index (χ1v) is 8.69. The number of aliphatic imine (C=N–C) groups is 1. The van der Waals surface area contributed by atoms with Crippen molar-refractivity contribution in [1.82, 2.24) is 25.8 Å². The maximum absolute atomic E-state index is 11.8. The van der Waals surface area contributed by atoms with E-state index >= 15 is 0 Å². The minimum absolute atomic E-state index is 0. The Bertz CT molecular complexity index is 453. The van der Waals surface area contributed by atoms with Crippen molar-refractivity contribution in [3.63, 3.8) is 0 Å². The highest BCUT2D eigenvalue weighted by Gasteiger charge is 2.21. The summed E-state index contributed by atoms with van der Waals surface area (Å²) in [6, 6.07) is 0.159. The van der Waals surface area contributed by atoms with Gasteiger partial charge >= 0.3 is 0 Å². The number of rotatable bonds is 8. The molecule has 0 aromatic rings. The molecule has 1 fully saturated rings. The fourth-order valence-corrected chi connectivity index (χ4v) is 2.54. The lowest BCUT2D eigenvalue weighted by atomic mass is 10.3. The number of carbonyl (C=O) groups excluding carboxylic acids is 2. The molecule has 26 heavy (non-hydrogen) atoms. The van der Waals surface area contributed by atoms with Crippen molar-refractivity contribution in [3.05, 3.63) is 0 Å². The fraction of sp³-hybridized carbons (Fsp3) is 0.812. The number of guanidine groups is 1. The predicted octanol–water partition coefficient (Wildman–Crippen LogP) is -0.915. The van der Waals surface area contributed by atoms with Gasteiger partial charge in [-0.15, -0.1) is 24.0 Å². The Balaban J connectivity index is 0.00000625. The topological polar surface area (TPSA) is 98.3 Å². The predicted molar refractivity (Wildman–Crippen MR) is 113 cm³/mol. The highest BCUT2D eigenvalue weighted by atomic mass is 127. The Morgan fingerprint density at radius 1 is 1.12 bits per heavy atom. The van der Waals surface area contributed by atoms with Crippen LogP contribution in [0.3, 0.4) is 0 Å². The summed E-state index contributed by atoms with van der Waals surface area (Å²) in [5.74, 6) is 0.661. The molecule has 1 aliphatic rings. The number of piperazine rings is 1. The summed E-state index contributed by atoms with van der Waals surface area (Å²) in [6.07, 6.45) is 0. The van der Waals surface area contributed by atoms with Crippen LogP contribution in [0.25, 0.3) is 0 Å². The van der Waals surface area contributed by atoms with Crippen molar-refractivity contribution in [3.8, 4) is 0 Å². The number of carbonyl (C=O) groups is 2. The zero-order chi connectivity index (χ0) is 18.7. The van der Waals surface area contributed by atoms with Gasteiger partial charge in [-0.3, -0.25) is 19.5 Å². The monoisotopic (exact) mass is 484 g/mol. The first-order chi connectivity index (χ1) is 12.0. The van der Waals surface area contributed by atoms with Crippen LogP contribution in [0, 0.1) is 0 Å². The molecule has 3 N–H and O–H groups in total. The number of hydrogen-bond donors (Lipinski definition) is 3. The zero-order valence-corrected chi connectivity index (χ0v) is 18.5. The SMILES string of the molecule is CN=C(NCC(=O)NCCOC)N1CCN(CC(=O)NC(C)C)CC1.I. The van der Waals surface area contributed by atoms with E-state index in [1.807, 2.05) is 13.8 Å². The van der Waals surface area contributed by atoms with Crippen LogP contribution in [0.15, 0.2) is 4.99 Å². The Labute approximate surface area is 173 Å². The summed E-state index contributed by atoms with van der Waals surface area (Å²) in [5.41, 5.74) is 0. The Morgan fingerprint density at radius 2 is 1.77 bits per heavy atom. The molecule has 0 saturated carbocycles. The van der Waals surface area contributed by atoms with Gasteiger partial charge in [-0.05, 0) is 13.8 Å². The molecule has 2 amide bonds. The second-order valence-electron chi connectivity index (χ2n) is 6.23. The van der Waals surface area contributed by atoms with Gasteiger partial charge in [0.05, 0.1) is 19.7 Å². The third-order valence-corrected chi connectivity index (χ3v) is 3.74. The molecule has 0 unspecified atom stereocenters. The number of nitrogens with one attached hydrogen (secondary N) is 3. The highest BCUT2D eigenvalue weighted by Crippen LogP contribution is 2.02. The largest absolute Gasteiger partial charge is 0.383 e. The van der Waals surface area contributed by atoms with E-state index in [0.717, 1.165) is 26.2 Å². The lowest BCUT2D eigenvalue weighted by Gasteiger charge is -2.36. The second-order valence-corrected chi connectivity index (χ2v) is 6.23. The van der Waals surface area contributed by atoms with Crippen molar-refractivity contribution >= 4 is 41.8 Å².